The van der Waals surface area contributed by atoms with Gasteiger partial charge in [-0.1, -0.05) is 6.42 Å². The summed E-state index contributed by atoms with van der Waals surface area (Å²) in [4.78, 5) is 14.9. The first-order chi connectivity index (χ1) is 7.18. The molecule has 3 rings (SSSR count). The van der Waals surface area contributed by atoms with Crippen LogP contribution in [0.4, 0.5) is 0 Å². The summed E-state index contributed by atoms with van der Waals surface area (Å²) >= 11 is 0. The molecule has 0 radical (unpaired) electrons. The number of oxazole rings is 1. The Bertz CT molecular complexity index is 413. The van der Waals surface area contributed by atoms with Gasteiger partial charge in [0.05, 0.1) is 0 Å². The maximum absolute atomic E-state index is 10.8. The van der Waals surface area contributed by atoms with Gasteiger partial charge in [0.25, 0.3) is 0 Å². The van der Waals surface area contributed by atoms with Gasteiger partial charge >= 0.3 is 5.97 Å². The molecule has 0 aromatic carbocycles. The van der Waals surface area contributed by atoms with Crippen molar-refractivity contribution < 1.29 is 14.3 Å². The van der Waals surface area contributed by atoms with E-state index in [0.717, 1.165) is 0 Å². The Kier molecular flexibility index (Phi) is 1.69. The Hall–Kier alpha value is -1.32. The quantitative estimate of drug-likeness (QED) is 0.807. The zero-order chi connectivity index (χ0) is 10.6. The maximum Gasteiger partial charge on any atom is 0.358 e. The molecule has 2 aliphatic rings. The van der Waals surface area contributed by atoms with Crippen LogP contribution in [0.15, 0.2) is 4.42 Å². The molecule has 1 aromatic heterocycles. The highest BCUT2D eigenvalue weighted by molar-refractivity contribution is 5.86. The van der Waals surface area contributed by atoms with E-state index in [1.807, 2.05) is 0 Å². The number of rotatable bonds is 2. The lowest BCUT2D eigenvalue weighted by atomic mass is 10.1. The third-order valence-corrected chi connectivity index (χ3v) is 3.71. The average Bonchev–Trinajstić information content (AvgIpc) is 2.62. The Morgan fingerprint density at radius 2 is 2.13 bits per heavy atom. The van der Waals surface area contributed by atoms with Gasteiger partial charge in [-0.25, -0.2) is 9.78 Å². The van der Waals surface area contributed by atoms with E-state index in [4.69, 9.17) is 9.52 Å². The molecule has 2 atom stereocenters. The summed E-state index contributed by atoms with van der Waals surface area (Å²) in [6.45, 7) is 1.66. The molecular weight excluding hydrogens is 194 g/mol. The van der Waals surface area contributed by atoms with Gasteiger partial charge in [0.1, 0.15) is 5.76 Å². The summed E-state index contributed by atoms with van der Waals surface area (Å²) in [5.74, 6) is 1.93. The second-order valence-corrected chi connectivity index (χ2v) is 4.55. The number of fused-ring (bicyclic) bond motifs is 1. The first-order valence-electron chi connectivity index (χ1n) is 5.39. The fraction of sp³-hybridized carbons (Fsp3) is 0.636. The molecule has 2 unspecified atom stereocenters. The van der Waals surface area contributed by atoms with E-state index >= 15 is 0 Å². The van der Waals surface area contributed by atoms with Crippen molar-refractivity contribution in [1.29, 1.82) is 0 Å². The summed E-state index contributed by atoms with van der Waals surface area (Å²) in [5, 5.41) is 8.86. The average molecular weight is 207 g/mol. The number of carboxylic acid groups (broad SMARTS) is 1. The van der Waals surface area contributed by atoms with E-state index in [9.17, 15) is 4.79 Å². The van der Waals surface area contributed by atoms with Crippen molar-refractivity contribution in [2.24, 2.45) is 11.8 Å². The standard InChI is InChI=1S/C11H13NO3/c1-5-9(11(13)14)12-10(15-5)8-6-3-2-4-7(6)8/h6-8H,2-4H2,1H3,(H,13,14). The highest BCUT2D eigenvalue weighted by atomic mass is 16.4. The van der Waals surface area contributed by atoms with E-state index in [2.05, 4.69) is 4.98 Å². The number of nitrogens with zero attached hydrogens (tertiary/aromatic N) is 1. The second kappa shape index (κ2) is 2.84. The Morgan fingerprint density at radius 1 is 1.47 bits per heavy atom. The van der Waals surface area contributed by atoms with E-state index in [-0.39, 0.29) is 5.69 Å². The molecule has 4 heteroatoms. The molecule has 15 heavy (non-hydrogen) atoms. The number of hydrogen-bond acceptors (Lipinski definition) is 3. The van der Waals surface area contributed by atoms with Crippen LogP contribution >= 0.6 is 0 Å². The van der Waals surface area contributed by atoms with Crippen LogP contribution in [0.3, 0.4) is 0 Å². The smallest absolute Gasteiger partial charge is 0.358 e. The lowest BCUT2D eigenvalue weighted by Crippen LogP contribution is -1.99. The molecule has 1 N–H and O–H groups in total. The van der Waals surface area contributed by atoms with Gasteiger partial charge in [0.2, 0.25) is 0 Å². The fourth-order valence-electron chi connectivity index (χ4n) is 2.95. The molecule has 0 saturated heterocycles. The molecule has 1 aromatic rings. The molecular formula is C11H13NO3. The predicted octanol–water partition coefficient (Wildman–Crippen LogP) is 2.19. The maximum atomic E-state index is 10.8. The van der Waals surface area contributed by atoms with Crippen molar-refractivity contribution in [2.75, 3.05) is 0 Å². The van der Waals surface area contributed by atoms with Gasteiger partial charge in [-0.2, -0.15) is 0 Å². The summed E-state index contributed by atoms with van der Waals surface area (Å²) in [6.07, 6.45) is 3.80. The van der Waals surface area contributed by atoms with Crippen molar-refractivity contribution in [1.82, 2.24) is 4.98 Å². The van der Waals surface area contributed by atoms with Crippen LogP contribution < -0.4 is 0 Å². The normalized spacial score (nSPS) is 32.7. The second-order valence-electron chi connectivity index (χ2n) is 4.55. The van der Waals surface area contributed by atoms with Crippen LogP contribution in [-0.4, -0.2) is 16.1 Å². The first-order valence-corrected chi connectivity index (χ1v) is 5.39. The zero-order valence-corrected chi connectivity index (χ0v) is 8.56. The highest BCUT2D eigenvalue weighted by Gasteiger charge is 2.56. The molecule has 0 spiro atoms. The first kappa shape index (κ1) is 8.95. The molecule has 2 fully saturated rings. The number of carbonyl (C=O) groups is 1. The molecule has 2 aliphatic carbocycles. The monoisotopic (exact) mass is 207 g/mol. The van der Waals surface area contributed by atoms with E-state index in [1.54, 1.807) is 6.92 Å². The predicted molar refractivity (Wildman–Crippen MR) is 51.8 cm³/mol. The van der Waals surface area contributed by atoms with Crippen molar-refractivity contribution in [3.05, 3.63) is 17.3 Å². The largest absolute Gasteiger partial charge is 0.476 e. The van der Waals surface area contributed by atoms with Gasteiger partial charge in [0, 0.05) is 5.92 Å². The summed E-state index contributed by atoms with van der Waals surface area (Å²) in [7, 11) is 0. The molecule has 80 valence electrons. The fourth-order valence-corrected chi connectivity index (χ4v) is 2.95. The Labute approximate surface area is 87.3 Å². The minimum atomic E-state index is -0.992. The number of hydrogen-bond donors (Lipinski definition) is 1. The Morgan fingerprint density at radius 3 is 2.67 bits per heavy atom. The minimum Gasteiger partial charge on any atom is -0.476 e. The minimum absolute atomic E-state index is 0.0787. The SMILES string of the molecule is Cc1oc(C2C3CCCC32)nc1C(=O)O. The Balaban J connectivity index is 1.88. The molecule has 2 saturated carbocycles. The van der Waals surface area contributed by atoms with Crippen LogP contribution in [0.25, 0.3) is 0 Å². The van der Waals surface area contributed by atoms with Crippen LogP contribution in [0.2, 0.25) is 0 Å². The number of aryl methyl sites for hydroxylation is 1. The molecule has 0 bridgehead atoms. The van der Waals surface area contributed by atoms with Gasteiger partial charge in [-0.05, 0) is 31.6 Å². The topological polar surface area (TPSA) is 63.3 Å². The van der Waals surface area contributed by atoms with Crippen molar-refractivity contribution in [2.45, 2.75) is 32.1 Å². The highest BCUT2D eigenvalue weighted by Crippen LogP contribution is 2.62. The molecule has 0 amide bonds. The van der Waals surface area contributed by atoms with Crippen LogP contribution in [0.1, 0.15) is 47.3 Å². The lowest BCUT2D eigenvalue weighted by molar-refractivity contribution is 0.0689. The van der Waals surface area contributed by atoms with Gasteiger partial charge in [-0.15, -0.1) is 0 Å². The summed E-state index contributed by atoms with van der Waals surface area (Å²) in [6, 6.07) is 0. The van der Waals surface area contributed by atoms with Gasteiger partial charge < -0.3 is 9.52 Å². The van der Waals surface area contributed by atoms with Crippen LogP contribution in [0.5, 0.6) is 0 Å². The molecule has 4 nitrogen and oxygen atoms in total. The van der Waals surface area contributed by atoms with E-state index in [0.29, 0.717) is 29.4 Å². The van der Waals surface area contributed by atoms with Gasteiger partial charge in [0.15, 0.2) is 11.6 Å². The van der Waals surface area contributed by atoms with Crippen LogP contribution in [-0.2, 0) is 0 Å². The number of aromatic carboxylic acids is 1. The zero-order valence-electron chi connectivity index (χ0n) is 8.56. The van der Waals surface area contributed by atoms with Gasteiger partial charge in [-0.3, -0.25) is 0 Å². The van der Waals surface area contributed by atoms with Crippen molar-refractivity contribution in [3.63, 3.8) is 0 Å². The summed E-state index contributed by atoms with van der Waals surface area (Å²) in [5.41, 5.74) is 0.0787. The number of carboxylic acids is 1. The van der Waals surface area contributed by atoms with Crippen LogP contribution in [0, 0.1) is 18.8 Å². The van der Waals surface area contributed by atoms with E-state index in [1.165, 1.54) is 19.3 Å². The molecule has 1 heterocycles. The molecule has 0 aliphatic heterocycles. The van der Waals surface area contributed by atoms with Crippen molar-refractivity contribution >= 4 is 5.97 Å². The summed E-state index contributed by atoms with van der Waals surface area (Å²) < 4.78 is 5.44. The van der Waals surface area contributed by atoms with Crippen molar-refractivity contribution in [3.8, 4) is 0 Å². The third-order valence-electron chi connectivity index (χ3n) is 3.71. The third kappa shape index (κ3) is 1.20. The lowest BCUT2D eigenvalue weighted by Gasteiger charge is -1.96. The number of aromatic nitrogens is 1. The van der Waals surface area contributed by atoms with E-state index < -0.39 is 5.97 Å².